The van der Waals surface area contributed by atoms with Gasteiger partial charge in [0.2, 0.25) is 0 Å². The molecule has 0 unspecified atom stereocenters. The van der Waals surface area contributed by atoms with Gasteiger partial charge in [-0.1, -0.05) is 36.8 Å². The molecule has 1 fully saturated rings. The molecule has 0 bridgehead atoms. The van der Waals surface area contributed by atoms with Crippen LogP contribution in [0, 0.1) is 0 Å². The maximum atomic E-state index is 9.66. The van der Waals surface area contributed by atoms with E-state index in [4.69, 9.17) is 9.15 Å². The minimum Gasteiger partial charge on any atom is -0.508 e. The molecule has 1 aliphatic heterocycles. The van der Waals surface area contributed by atoms with Crippen LogP contribution in [0.3, 0.4) is 0 Å². The average Bonchev–Trinajstić information content (AvgIpc) is 3.20. The van der Waals surface area contributed by atoms with E-state index in [-0.39, 0.29) is 18.2 Å². The van der Waals surface area contributed by atoms with Crippen molar-refractivity contribution in [3.05, 3.63) is 83.9 Å². The zero-order valence-electron chi connectivity index (χ0n) is 18.7. The van der Waals surface area contributed by atoms with Gasteiger partial charge < -0.3 is 14.3 Å². The SMILES string of the molecule is Cl.Oc1ccc(-c2oc3ccccc3c2Cc2ccc(OCCN3CCCCC3)cc2)cc1. The third-order valence-electron chi connectivity index (χ3n) is 6.26. The van der Waals surface area contributed by atoms with Gasteiger partial charge in [0.1, 0.15) is 29.4 Å². The molecular formula is C28H30ClNO3. The van der Waals surface area contributed by atoms with E-state index in [1.807, 2.05) is 30.3 Å². The molecule has 5 rings (SSSR count). The first-order chi connectivity index (χ1) is 15.8. The van der Waals surface area contributed by atoms with Gasteiger partial charge >= 0.3 is 0 Å². The molecule has 0 radical (unpaired) electrons. The van der Waals surface area contributed by atoms with Crippen LogP contribution in [0.5, 0.6) is 11.5 Å². The number of hydrogen-bond acceptors (Lipinski definition) is 4. The molecule has 33 heavy (non-hydrogen) atoms. The normalized spacial score (nSPS) is 14.2. The third kappa shape index (κ3) is 5.52. The lowest BCUT2D eigenvalue weighted by atomic mass is 9.98. The minimum absolute atomic E-state index is 0. The Balaban J connectivity index is 0.00000259. The fourth-order valence-electron chi connectivity index (χ4n) is 4.50. The molecule has 1 aromatic heterocycles. The number of piperidine rings is 1. The van der Waals surface area contributed by atoms with Gasteiger partial charge in [0, 0.05) is 29.5 Å². The van der Waals surface area contributed by atoms with Crippen LogP contribution in [0.15, 0.2) is 77.2 Å². The molecule has 2 heterocycles. The van der Waals surface area contributed by atoms with Crippen molar-refractivity contribution < 1.29 is 14.3 Å². The van der Waals surface area contributed by atoms with Crippen molar-refractivity contribution in [1.29, 1.82) is 0 Å². The fraction of sp³-hybridized carbons (Fsp3) is 0.286. The van der Waals surface area contributed by atoms with Crippen LogP contribution in [0.4, 0.5) is 0 Å². The number of hydrogen-bond donors (Lipinski definition) is 1. The van der Waals surface area contributed by atoms with Crippen LogP contribution in [0.1, 0.15) is 30.4 Å². The lowest BCUT2D eigenvalue weighted by molar-refractivity contribution is 0.183. The number of fused-ring (bicyclic) bond motifs is 1. The molecule has 0 amide bonds. The first-order valence-electron chi connectivity index (χ1n) is 11.5. The molecule has 3 aromatic carbocycles. The van der Waals surface area contributed by atoms with E-state index in [9.17, 15) is 5.11 Å². The average molecular weight is 464 g/mol. The van der Waals surface area contributed by atoms with Crippen molar-refractivity contribution in [1.82, 2.24) is 4.90 Å². The smallest absolute Gasteiger partial charge is 0.138 e. The molecule has 0 saturated carbocycles. The summed E-state index contributed by atoms with van der Waals surface area (Å²) in [5.41, 5.74) is 4.21. The summed E-state index contributed by atoms with van der Waals surface area (Å²) >= 11 is 0. The lowest BCUT2D eigenvalue weighted by Crippen LogP contribution is -2.33. The number of benzene rings is 3. The van der Waals surface area contributed by atoms with Crippen molar-refractivity contribution in [3.63, 3.8) is 0 Å². The first-order valence-corrected chi connectivity index (χ1v) is 11.5. The first kappa shape index (κ1) is 23.2. The van der Waals surface area contributed by atoms with E-state index < -0.39 is 0 Å². The number of halogens is 1. The Hall–Kier alpha value is -2.95. The second-order valence-corrected chi connectivity index (χ2v) is 8.52. The Labute approximate surface area is 201 Å². The van der Waals surface area contributed by atoms with Gasteiger partial charge in [-0.3, -0.25) is 4.90 Å². The topological polar surface area (TPSA) is 45.8 Å². The van der Waals surface area contributed by atoms with Crippen molar-refractivity contribution in [2.45, 2.75) is 25.7 Å². The second kappa shape index (κ2) is 10.8. The van der Waals surface area contributed by atoms with Gasteiger partial charge in [0.05, 0.1) is 0 Å². The number of phenols is 1. The molecule has 1 saturated heterocycles. The van der Waals surface area contributed by atoms with Crippen molar-refractivity contribution in [2.24, 2.45) is 0 Å². The summed E-state index contributed by atoms with van der Waals surface area (Å²) in [6.07, 6.45) is 4.74. The van der Waals surface area contributed by atoms with Crippen molar-refractivity contribution in [2.75, 3.05) is 26.2 Å². The van der Waals surface area contributed by atoms with Gasteiger partial charge in [-0.2, -0.15) is 0 Å². The summed E-state index contributed by atoms with van der Waals surface area (Å²) in [6.45, 7) is 4.13. The number of rotatable bonds is 7. The standard InChI is InChI=1S/C28H29NO3.ClH/c30-23-12-10-22(11-13-23)28-26(25-6-2-3-7-27(25)32-28)20-21-8-14-24(15-9-21)31-19-18-29-16-4-1-5-17-29;/h2-3,6-15,30H,1,4-5,16-20H2;1H. The Morgan fingerprint density at radius 2 is 1.58 bits per heavy atom. The van der Waals surface area contributed by atoms with Crippen molar-refractivity contribution in [3.8, 4) is 22.8 Å². The van der Waals surface area contributed by atoms with Gasteiger partial charge in [-0.15, -0.1) is 12.4 Å². The quantitative estimate of drug-likeness (QED) is 0.332. The molecule has 0 aliphatic carbocycles. The lowest BCUT2D eigenvalue weighted by Gasteiger charge is -2.26. The predicted octanol–water partition coefficient (Wildman–Crippen LogP) is 6.68. The number of likely N-dealkylation sites (tertiary alicyclic amines) is 1. The van der Waals surface area contributed by atoms with Gasteiger partial charge in [0.15, 0.2) is 0 Å². The Morgan fingerprint density at radius 3 is 2.33 bits per heavy atom. The van der Waals surface area contributed by atoms with Crippen LogP contribution in [0.25, 0.3) is 22.3 Å². The third-order valence-corrected chi connectivity index (χ3v) is 6.26. The Morgan fingerprint density at radius 1 is 0.848 bits per heavy atom. The molecule has 4 aromatic rings. The number of nitrogens with zero attached hydrogens (tertiary/aromatic N) is 1. The highest BCUT2D eigenvalue weighted by Gasteiger charge is 2.16. The van der Waals surface area contributed by atoms with Gasteiger partial charge in [0.25, 0.3) is 0 Å². The van der Waals surface area contributed by atoms with E-state index in [1.165, 1.54) is 37.9 Å². The summed E-state index contributed by atoms with van der Waals surface area (Å²) in [5.74, 6) is 2.02. The van der Waals surface area contributed by atoms with Gasteiger partial charge in [-0.25, -0.2) is 0 Å². The molecule has 1 N–H and O–H groups in total. The fourth-order valence-corrected chi connectivity index (χ4v) is 4.50. The molecule has 4 nitrogen and oxygen atoms in total. The minimum atomic E-state index is 0. The maximum absolute atomic E-state index is 9.66. The molecule has 0 spiro atoms. The van der Waals surface area contributed by atoms with Crippen LogP contribution in [-0.2, 0) is 6.42 Å². The molecule has 172 valence electrons. The Bertz CT molecular complexity index is 1160. The Kier molecular flexibility index (Phi) is 7.58. The summed E-state index contributed by atoms with van der Waals surface area (Å²) in [4.78, 5) is 2.49. The maximum Gasteiger partial charge on any atom is 0.138 e. The molecule has 1 aliphatic rings. The summed E-state index contributed by atoms with van der Waals surface area (Å²) < 4.78 is 12.2. The van der Waals surface area contributed by atoms with Crippen LogP contribution in [-0.4, -0.2) is 36.2 Å². The van der Waals surface area contributed by atoms with Crippen LogP contribution >= 0.6 is 12.4 Å². The summed E-state index contributed by atoms with van der Waals surface area (Å²) in [6, 6.07) is 23.7. The van der Waals surface area contributed by atoms with Crippen molar-refractivity contribution >= 4 is 23.4 Å². The largest absolute Gasteiger partial charge is 0.508 e. The second-order valence-electron chi connectivity index (χ2n) is 8.52. The number of para-hydroxylation sites is 1. The van der Waals surface area contributed by atoms with Crippen LogP contribution < -0.4 is 4.74 Å². The zero-order chi connectivity index (χ0) is 21.8. The predicted molar refractivity (Wildman–Crippen MR) is 136 cm³/mol. The van der Waals surface area contributed by atoms with E-state index >= 15 is 0 Å². The monoisotopic (exact) mass is 463 g/mol. The number of phenolic OH excluding ortho intramolecular Hbond substituents is 1. The molecular weight excluding hydrogens is 434 g/mol. The van der Waals surface area contributed by atoms with E-state index in [2.05, 4.69) is 35.2 Å². The highest BCUT2D eigenvalue weighted by atomic mass is 35.5. The van der Waals surface area contributed by atoms with E-state index in [1.54, 1.807) is 12.1 Å². The number of aromatic hydroxyl groups is 1. The highest BCUT2D eigenvalue weighted by Crippen LogP contribution is 2.35. The molecule has 5 heteroatoms. The van der Waals surface area contributed by atoms with Gasteiger partial charge in [-0.05, 0) is 74.0 Å². The highest BCUT2D eigenvalue weighted by molar-refractivity contribution is 5.88. The number of furan rings is 1. The number of ether oxygens (including phenoxy) is 1. The molecule has 0 atom stereocenters. The van der Waals surface area contributed by atoms with Crippen LogP contribution in [0.2, 0.25) is 0 Å². The summed E-state index contributed by atoms with van der Waals surface area (Å²) in [5, 5.41) is 10.8. The summed E-state index contributed by atoms with van der Waals surface area (Å²) in [7, 11) is 0. The van der Waals surface area contributed by atoms with E-state index in [0.717, 1.165) is 53.2 Å². The van der Waals surface area contributed by atoms with E-state index in [0.29, 0.717) is 0 Å². The zero-order valence-corrected chi connectivity index (χ0v) is 19.5.